The summed E-state index contributed by atoms with van der Waals surface area (Å²) >= 11 is 0. The van der Waals surface area contributed by atoms with Crippen molar-refractivity contribution in [2.45, 2.75) is 38.7 Å². The minimum absolute atomic E-state index is 0.0614. The molecule has 2 aromatic carbocycles. The van der Waals surface area contributed by atoms with E-state index < -0.39 is 30.0 Å². The van der Waals surface area contributed by atoms with Gasteiger partial charge in [0.15, 0.2) is 0 Å². The summed E-state index contributed by atoms with van der Waals surface area (Å²) in [5, 5.41) is 12.8. The zero-order valence-corrected chi connectivity index (χ0v) is 16.7. The molecule has 0 amide bonds. The summed E-state index contributed by atoms with van der Waals surface area (Å²) in [6.45, 7) is 2.62. The van der Waals surface area contributed by atoms with Gasteiger partial charge in [-0.25, -0.2) is 14.4 Å². The molecule has 1 atom stereocenters. The second kappa shape index (κ2) is 7.75. The van der Waals surface area contributed by atoms with E-state index in [1.807, 2.05) is 12.1 Å². The van der Waals surface area contributed by atoms with Crippen LogP contribution in [0.1, 0.15) is 41.9 Å². The molecule has 0 radical (unpaired) electrons. The average molecular weight is 417 g/mol. The zero-order valence-electron chi connectivity index (χ0n) is 16.7. The molecule has 30 heavy (non-hydrogen) atoms. The maximum Gasteiger partial charge on any atom is 0.298 e. The van der Waals surface area contributed by atoms with Crippen molar-refractivity contribution < 1.29 is 23.0 Å². The number of rotatable bonds is 5. The van der Waals surface area contributed by atoms with Gasteiger partial charge in [0, 0.05) is 17.0 Å². The number of anilines is 1. The first kappa shape index (κ1) is 20.4. The minimum atomic E-state index is -3.66. The largest absolute Gasteiger partial charge is 0.493 e. The van der Waals surface area contributed by atoms with Crippen LogP contribution >= 0.6 is 0 Å². The van der Waals surface area contributed by atoms with Gasteiger partial charge in [-0.3, -0.25) is 0 Å². The van der Waals surface area contributed by atoms with Gasteiger partial charge >= 0.3 is 0 Å². The van der Waals surface area contributed by atoms with Crippen LogP contribution in [0.25, 0.3) is 10.9 Å². The number of alkyl halides is 2. The number of aryl methyl sites for hydroxylation is 2. The summed E-state index contributed by atoms with van der Waals surface area (Å²) in [5.74, 6) is -2.88. The lowest BCUT2D eigenvalue weighted by Crippen LogP contribution is -2.22. The molecule has 0 bridgehead atoms. The Morgan fingerprint density at radius 3 is 2.83 bits per heavy atom. The number of benzene rings is 2. The highest BCUT2D eigenvalue weighted by Crippen LogP contribution is 2.35. The summed E-state index contributed by atoms with van der Waals surface area (Å²) in [5.41, 5.74) is 0.976. The molecule has 1 aliphatic heterocycles. The van der Waals surface area contributed by atoms with Crippen molar-refractivity contribution in [1.82, 2.24) is 9.97 Å². The lowest BCUT2D eigenvalue weighted by atomic mass is 10.00. The van der Waals surface area contributed by atoms with E-state index in [0.717, 1.165) is 35.6 Å². The third-order valence-corrected chi connectivity index (χ3v) is 5.28. The van der Waals surface area contributed by atoms with E-state index in [1.165, 1.54) is 12.1 Å². The first-order chi connectivity index (χ1) is 14.3. The zero-order chi connectivity index (χ0) is 21.5. The lowest BCUT2D eigenvalue weighted by molar-refractivity contribution is -0.0583. The highest BCUT2D eigenvalue weighted by molar-refractivity contribution is 5.91. The van der Waals surface area contributed by atoms with Gasteiger partial charge in [0.25, 0.3) is 5.92 Å². The van der Waals surface area contributed by atoms with Crippen LogP contribution in [0.15, 0.2) is 30.3 Å². The summed E-state index contributed by atoms with van der Waals surface area (Å²) in [4.78, 5) is 8.93. The topological polar surface area (TPSA) is 67.3 Å². The number of hydrogen-bond donors (Lipinski definition) is 2. The molecule has 0 unspecified atom stereocenters. The van der Waals surface area contributed by atoms with Crippen LogP contribution in [0.4, 0.5) is 19.0 Å². The fourth-order valence-corrected chi connectivity index (χ4v) is 3.74. The molecule has 2 heterocycles. The number of halogens is 3. The Morgan fingerprint density at radius 2 is 2.07 bits per heavy atom. The molecule has 0 saturated heterocycles. The molecule has 8 heteroatoms. The predicted octanol–water partition coefficient (Wildman–Crippen LogP) is 4.66. The Labute approximate surface area is 171 Å². The molecular formula is C22H22F3N3O2. The number of aliphatic hydroxyl groups is 1. The van der Waals surface area contributed by atoms with Crippen molar-refractivity contribution in [2.24, 2.45) is 0 Å². The second-order valence-electron chi connectivity index (χ2n) is 7.49. The molecule has 0 fully saturated rings. The minimum Gasteiger partial charge on any atom is -0.493 e. The van der Waals surface area contributed by atoms with Crippen LogP contribution in [0.2, 0.25) is 0 Å². The number of nitrogens with one attached hydrogen (secondary N) is 1. The molecule has 5 nitrogen and oxygen atoms in total. The lowest BCUT2D eigenvalue weighted by Gasteiger charge is -2.22. The summed E-state index contributed by atoms with van der Waals surface area (Å²) in [6.07, 6.45) is 1.79. The van der Waals surface area contributed by atoms with Crippen LogP contribution in [-0.4, -0.2) is 28.3 Å². The third kappa shape index (κ3) is 3.67. The van der Waals surface area contributed by atoms with Gasteiger partial charge in [-0.2, -0.15) is 8.78 Å². The van der Waals surface area contributed by atoms with E-state index in [-0.39, 0.29) is 5.56 Å². The number of aromatic nitrogens is 2. The number of fused-ring (bicyclic) bond motifs is 2. The Kier molecular flexibility index (Phi) is 5.27. The van der Waals surface area contributed by atoms with E-state index in [1.54, 1.807) is 13.8 Å². The standard InChI is InChI=1S/C22H22F3N3O2/c1-12(15-6-3-7-17(20(15)23)22(24,25)11-29)26-21-16-9-14-5-4-8-30-19(14)10-18(16)27-13(2)28-21/h3,6-7,9-10,12,29H,4-5,8,11H2,1-2H3,(H,26,27,28)/t12-/m1/s1. The van der Waals surface area contributed by atoms with Gasteiger partial charge in [0.1, 0.15) is 29.8 Å². The first-order valence-corrected chi connectivity index (χ1v) is 9.78. The van der Waals surface area contributed by atoms with Gasteiger partial charge in [0.05, 0.1) is 23.7 Å². The van der Waals surface area contributed by atoms with Crippen molar-refractivity contribution in [3.63, 3.8) is 0 Å². The van der Waals surface area contributed by atoms with Crippen molar-refractivity contribution in [1.29, 1.82) is 0 Å². The highest BCUT2D eigenvalue weighted by Gasteiger charge is 2.35. The summed E-state index contributed by atoms with van der Waals surface area (Å²) in [6, 6.07) is 6.97. The third-order valence-electron chi connectivity index (χ3n) is 5.28. The molecule has 0 spiro atoms. The number of aliphatic hydroxyl groups excluding tert-OH is 1. The van der Waals surface area contributed by atoms with Crippen molar-refractivity contribution in [3.05, 3.63) is 58.7 Å². The van der Waals surface area contributed by atoms with Gasteiger partial charge < -0.3 is 15.2 Å². The van der Waals surface area contributed by atoms with E-state index in [0.29, 0.717) is 23.8 Å². The molecule has 4 rings (SSSR count). The molecule has 0 saturated carbocycles. The van der Waals surface area contributed by atoms with E-state index in [9.17, 15) is 13.2 Å². The summed E-state index contributed by atoms with van der Waals surface area (Å²) < 4.78 is 48.3. The molecule has 3 aromatic rings. The van der Waals surface area contributed by atoms with Gasteiger partial charge in [-0.1, -0.05) is 12.1 Å². The first-order valence-electron chi connectivity index (χ1n) is 9.78. The van der Waals surface area contributed by atoms with E-state index in [2.05, 4.69) is 15.3 Å². The van der Waals surface area contributed by atoms with Crippen LogP contribution < -0.4 is 10.1 Å². The number of ether oxygens (including phenoxy) is 1. The Bertz CT molecular complexity index is 1100. The van der Waals surface area contributed by atoms with E-state index in [4.69, 9.17) is 9.84 Å². The fourth-order valence-electron chi connectivity index (χ4n) is 3.74. The maximum atomic E-state index is 14.8. The summed E-state index contributed by atoms with van der Waals surface area (Å²) in [7, 11) is 0. The number of nitrogens with zero attached hydrogens (tertiary/aromatic N) is 2. The predicted molar refractivity (Wildman–Crippen MR) is 108 cm³/mol. The monoisotopic (exact) mass is 417 g/mol. The maximum absolute atomic E-state index is 14.8. The van der Waals surface area contributed by atoms with Crippen LogP contribution in [0.3, 0.4) is 0 Å². The van der Waals surface area contributed by atoms with Crippen LogP contribution in [0, 0.1) is 12.7 Å². The van der Waals surface area contributed by atoms with Gasteiger partial charge in [-0.05, 0) is 44.4 Å². The quantitative estimate of drug-likeness (QED) is 0.632. The Morgan fingerprint density at radius 1 is 1.27 bits per heavy atom. The second-order valence-corrected chi connectivity index (χ2v) is 7.49. The van der Waals surface area contributed by atoms with Crippen molar-refractivity contribution >= 4 is 16.7 Å². The fraction of sp³-hybridized carbons (Fsp3) is 0.364. The van der Waals surface area contributed by atoms with Gasteiger partial charge in [-0.15, -0.1) is 0 Å². The molecular weight excluding hydrogens is 395 g/mol. The Balaban J connectivity index is 1.73. The molecule has 0 aliphatic carbocycles. The molecule has 1 aromatic heterocycles. The van der Waals surface area contributed by atoms with Gasteiger partial charge in [0.2, 0.25) is 0 Å². The molecule has 1 aliphatic rings. The SMILES string of the molecule is Cc1nc(N[C@H](C)c2cccc(C(F)(F)CO)c2F)c2cc3c(cc2n1)OCCC3. The number of hydrogen-bond acceptors (Lipinski definition) is 5. The van der Waals surface area contributed by atoms with Crippen molar-refractivity contribution in [2.75, 3.05) is 18.5 Å². The molecule has 2 N–H and O–H groups in total. The van der Waals surface area contributed by atoms with Crippen LogP contribution in [-0.2, 0) is 12.3 Å². The normalized spacial score (nSPS) is 14.9. The Hall–Kier alpha value is -2.87. The molecule has 158 valence electrons. The van der Waals surface area contributed by atoms with Crippen LogP contribution in [0.5, 0.6) is 5.75 Å². The highest BCUT2D eigenvalue weighted by atomic mass is 19.3. The average Bonchev–Trinajstić information content (AvgIpc) is 2.72. The van der Waals surface area contributed by atoms with Crippen molar-refractivity contribution in [3.8, 4) is 5.75 Å². The smallest absolute Gasteiger partial charge is 0.298 e. The van der Waals surface area contributed by atoms with E-state index >= 15 is 0 Å².